The zero-order chi connectivity index (χ0) is 28.1. The fourth-order valence-corrected chi connectivity index (χ4v) is 4.33. The van der Waals surface area contributed by atoms with Gasteiger partial charge in [-0.05, 0) is 66.1 Å². The first-order valence-corrected chi connectivity index (χ1v) is 12.6. The molecule has 5 rings (SSSR count). The molecule has 2 aromatic heterocycles. The minimum Gasteiger partial charge on any atom is -0.494 e. The SMILES string of the molecule is COCc1cccc(-n2cc(-c3ccc4[nH]cc(NC(=O)c5ccc(OCCCC(F)(F)F)cc5)c4c3)cn2)c1. The third-order valence-corrected chi connectivity index (χ3v) is 6.32. The van der Waals surface area contributed by atoms with Crippen molar-refractivity contribution in [1.29, 1.82) is 0 Å². The van der Waals surface area contributed by atoms with Crippen molar-refractivity contribution < 1.29 is 27.4 Å². The number of alkyl halides is 3. The zero-order valence-corrected chi connectivity index (χ0v) is 21.7. The number of carbonyl (C=O) groups excluding carboxylic acids is 1. The van der Waals surface area contributed by atoms with Crippen LogP contribution in [0.1, 0.15) is 28.8 Å². The van der Waals surface area contributed by atoms with E-state index < -0.39 is 12.6 Å². The van der Waals surface area contributed by atoms with Gasteiger partial charge in [0.25, 0.3) is 5.91 Å². The molecule has 0 unspecified atom stereocenters. The first-order valence-electron chi connectivity index (χ1n) is 12.6. The maximum absolute atomic E-state index is 12.9. The van der Waals surface area contributed by atoms with Gasteiger partial charge >= 0.3 is 6.18 Å². The lowest BCUT2D eigenvalue weighted by molar-refractivity contribution is -0.136. The molecule has 0 atom stereocenters. The molecular formula is C30H27F3N4O3. The largest absolute Gasteiger partial charge is 0.494 e. The van der Waals surface area contributed by atoms with E-state index in [2.05, 4.69) is 15.4 Å². The zero-order valence-electron chi connectivity index (χ0n) is 21.7. The quantitative estimate of drug-likeness (QED) is 0.182. The molecule has 0 spiro atoms. The van der Waals surface area contributed by atoms with Crippen LogP contribution >= 0.6 is 0 Å². The van der Waals surface area contributed by atoms with Crippen molar-refractivity contribution in [1.82, 2.24) is 14.8 Å². The maximum Gasteiger partial charge on any atom is 0.389 e. The van der Waals surface area contributed by atoms with E-state index >= 15 is 0 Å². The Balaban J connectivity index is 1.27. The van der Waals surface area contributed by atoms with Crippen molar-refractivity contribution in [3.05, 3.63) is 96.4 Å². The molecule has 206 valence electrons. The summed E-state index contributed by atoms with van der Waals surface area (Å²) in [7, 11) is 1.66. The van der Waals surface area contributed by atoms with Crippen molar-refractivity contribution in [3.63, 3.8) is 0 Å². The molecule has 0 radical (unpaired) electrons. The summed E-state index contributed by atoms with van der Waals surface area (Å²) < 4.78 is 49.2. The van der Waals surface area contributed by atoms with Crippen LogP contribution in [0.4, 0.5) is 18.9 Å². The first-order chi connectivity index (χ1) is 19.3. The smallest absolute Gasteiger partial charge is 0.389 e. The molecule has 40 heavy (non-hydrogen) atoms. The van der Waals surface area contributed by atoms with Crippen molar-refractivity contribution >= 4 is 22.5 Å². The van der Waals surface area contributed by atoms with Crippen LogP contribution in [0.15, 0.2) is 85.3 Å². The van der Waals surface area contributed by atoms with Crippen molar-refractivity contribution in [2.75, 3.05) is 19.0 Å². The number of anilines is 1. The van der Waals surface area contributed by atoms with Crippen molar-refractivity contribution in [3.8, 4) is 22.6 Å². The molecule has 0 aliphatic carbocycles. The molecule has 0 saturated carbocycles. The van der Waals surface area contributed by atoms with Gasteiger partial charge in [0, 0.05) is 48.0 Å². The highest BCUT2D eigenvalue weighted by Crippen LogP contribution is 2.30. The molecule has 5 aromatic rings. The molecule has 2 heterocycles. The number of aromatic amines is 1. The number of amides is 1. The van der Waals surface area contributed by atoms with Gasteiger partial charge in [-0.25, -0.2) is 4.68 Å². The summed E-state index contributed by atoms with van der Waals surface area (Å²) >= 11 is 0. The van der Waals surface area contributed by atoms with E-state index in [1.165, 1.54) is 0 Å². The maximum atomic E-state index is 12.9. The Morgan fingerprint density at radius 2 is 1.88 bits per heavy atom. The standard InChI is InChI=1S/C30H27F3N4O3/c1-39-19-20-4-2-5-24(14-20)37-18-23(16-35-37)22-8-11-27-26(15-22)28(17-34-27)36-29(38)21-6-9-25(10-7-21)40-13-3-12-30(31,32)33/h2,4-11,14-18,34H,3,12-13,19H2,1H3,(H,36,38). The average Bonchev–Trinajstić information content (AvgIpc) is 3.59. The van der Waals surface area contributed by atoms with Gasteiger partial charge in [0.05, 0.1) is 30.8 Å². The number of rotatable bonds is 10. The summed E-state index contributed by atoms with van der Waals surface area (Å²) in [5.41, 5.74) is 5.71. The number of fused-ring (bicyclic) bond motifs is 1. The van der Waals surface area contributed by atoms with Gasteiger partial charge in [-0.3, -0.25) is 4.79 Å². The number of benzene rings is 3. The van der Waals surface area contributed by atoms with Crippen LogP contribution < -0.4 is 10.1 Å². The molecule has 7 nitrogen and oxygen atoms in total. The average molecular weight is 549 g/mol. The number of methoxy groups -OCH3 is 1. The number of hydrogen-bond donors (Lipinski definition) is 2. The Bertz CT molecular complexity index is 1610. The van der Waals surface area contributed by atoms with Crippen molar-refractivity contribution in [2.24, 2.45) is 0 Å². The highest BCUT2D eigenvalue weighted by molar-refractivity contribution is 6.09. The second-order valence-electron chi connectivity index (χ2n) is 9.28. The topological polar surface area (TPSA) is 81.2 Å². The summed E-state index contributed by atoms with van der Waals surface area (Å²) in [5.74, 6) is 0.0834. The minimum atomic E-state index is -4.20. The summed E-state index contributed by atoms with van der Waals surface area (Å²) in [6.07, 6.45) is 0.247. The number of hydrogen-bond acceptors (Lipinski definition) is 4. The predicted molar refractivity (Wildman–Crippen MR) is 147 cm³/mol. The number of aromatic nitrogens is 3. The molecule has 10 heteroatoms. The summed E-state index contributed by atoms with van der Waals surface area (Å²) in [4.78, 5) is 16.1. The lowest BCUT2D eigenvalue weighted by Gasteiger charge is -2.09. The predicted octanol–water partition coefficient (Wildman–Crippen LogP) is 7.14. The van der Waals surface area contributed by atoms with Gasteiger partial charge in [0.2, 0.25) is 0 Å². The van der Waals surface area contributed by atoms with Crippen molar-refractivity contribution in [2.45, 2.75) is 25.6 Å². The molecule has 0 aliphatic heterocycles. The summed E-state index contributed by atoms with van der Waals surface area (Å²) in [6, 6.07) is 20.2. The lowest BCUT2D eigenvalue weighted by Crippen LogP contribution is -2.12. The number of H-pyrrole nitrogens is 1. The van der Waals surface area contributed by atoms with Gasteiger partial charge in [-0.1, -0.05) is 18.2 Å². The van der Waals surface area contributed by atoms with Gasteiger partial charge in [-0.15, -0.1) is 0 Å². The van der Waals surface area contributed by atoms with E-state index in [-0.39, 0.29) is 18.9 Å². The fraction of sp³-hybridized carbons (Fsp3) is 0.200. The Labute approximate surface area is 228 Å². The second-order valence-corrected chi connectivity index (χ2v) is 9.28. The highest BCUT2D eigenvalue weighted by Gasteiger charge is 2.26. The molecule has 0 aliphatic rings. The molecule has 0 bridgehead atoms. The van der Waals surface area contributed by atoms with Gasteiger partial charge in [0.15, 0.2) is 0 Å². The molecule has 0 fully saturated rings. The highest BCUT2D eigenvalue weighted by atomic mass is 19.4. The fourth-order valence-electron chi connectivity index (χ4n) is 4.33. The monoisotopic (exact) mass is 548 g/mol. The Hall–Kier alpha value is -4.57. The number of halogens is 3. The third kappa shape index (κ3) is 6.52. The molecule has 0 saturated heterocycles. The number of nitrogens with zero attached hydrogens (tertiary/aromatic N) is 2. The molecule has 2 N–H and O–H groups in total. The van der Waals surface area contributed by atoms with E-state index in [0.717, 1.165) is 33.3 Å². The van der Waals surface area contributed by atoms with E-state index in [9.17, 15) is 18.0 Å². The first kappa shape index (κ1) is 27.0. The van der Waals surface area contributed by atoms with Crippen LogP contribution in [-0.4, -0.2) is 40.6 Å². The Morgan fingerprint density at radius 3 is 2.65 bits per heavy atom. The van der Waals surface area contributed by atoms with E-state index in [1.807, 2.05) is 53.3 Å². The van der Waals surface area contributed by atoms with Crippen LogP contribution in [0.3, 0.4) is 0 Å². The number of nitrogens with one attached hydrogen (secondary N) is 2. The van der Waals surface area contributed by atoms with Crippen LogP contribution in [0.25, 0.3) is 27.7 Å². The normalized spacial score (nSPS) is 11.6. The van der Waals surface area contributed by atoms with Gasteiger partial charge < -0.3 is 19.8 Å². The molecular weight excluding hydrogens is 521 g/mol. The summed E-state index contributed by atoms with van der Waals surface area (Å²) in [6.45, 7) is 0.464. The number of ether oxygens (including phenoxy) is 2. The third-order valence-electron chi connectivity index (χ3n) is 6.32. The Morgan fingerprint density at radius 1 is 1.05 bits per heavy atom. The van der Waals surface area contributed by atoms with Crippen LogP contribution in [0, 0.1) is 0 Å². The second kappa shape index (κ2) is 11.7. The van der Waals surface area contributed by atoms with Gasteiger partial charge in [-0.2, -0.15) is 18.3 Å². The van der Waals surface area contributed by atoms with Crippen LogP contribution in [0.5, 0.6) is 5.75 Å². The van der Waals surface area contributed by atoms with E-state index in [0.29, 0.717) is 23.6 Å². The lowest BCUT2D eigenvalue weighted by atomic mass is 10.1. The van der Waals surface area contributed by atoms with Gasteiger partial charge in [0.1, 0.15) is 5.75 Å². The summed E-state index contributed by atoms with van der Waals surface area (Å²) in [5, 5.41) is 8.29. The van der Waals surface area contributed by atoms with E-state index in [1.54, 1.807) is 43.8 Å². The Kier molecular flexibility index (Phi) is 7.88. The minimum absolute atomic E-state index is 0.0537. The molecule has 3 aromatic carbocycles. The van der Waals surface area contributed by atoms with Crippen LogP contribution in [0.2, 0.25) is 0 Å². The van der Waals surface area contributed by atoms with E-state index in [4.69, 9.17) is 9.47 Å². The molecule has 1 amide bonds. The van der Waals surface area contributed by atoms with Crippen LogP contribution in [-0.2, 0) is 11.3 Å². The number of carbonyl (C=O) groups is 1.